The van der Waals surface area contributed by atoms with Crippen LogP contribution in [0.3, 0.4) is 0 Å². The first-order chi connectivity index (χ1) is 14.2. The van der Waals surface area contributed by atoms with Crippen molar-refractivity contribution in [3.8, 4) is 5.69 Å². The monoisotopic (exact) mass is 392 g/mol. The summed E-state index contributed by atoms with van der Waals surface area (Å²) in [5.41, 5.74) is 1.90. The number of benzene rings is 1. The average molecular weight is 392 g/mol. The molecule has 3 aromatic rings. The average Bonchev–Trinajstić information content (AvgIpc) is 3.44. The van der Waals surface area contributed by atoms with Crippen LogP contribution in [-0.4, -0.2) is 71.2 Å². The fourth-order valence-corrected chi connectivity index (χ4v) is 3.63. The predicted octanol–water partition coefficient (Wildman–Crippen LogP) is 0.678. The summed E-state index contributed by atoms with van der Waals surface area (Å²) in [4.78, 5) is 29.4. The van der Waals surface area contributed by atoms with Crippen LogP contribution in [0.4, 0.5) is 0 Å². The van der Waals surface area contributed by atoms with Crippen LogP contribution < -0.4 is 0 Å². The number of aromatic nitrogens is 6. The first-order valence-electron chi connectivity index (χ1n) is 9.63. The summed E-state index contributed by atoms with van der Waals surface area (Å²) >= 11 is 0. The van der Waals surface area contributed by atoms with Gasteiger partial charge >= 0.3 is 0 Å². The Morgan fingerprint density at radius 2 is 2.00 bits per heavy atom. The Morgan fingerprint density at radius 3 is 2.76 bits per heavy atom. The molecule has 1 aromatic carbocycles. The molecule has 4 heterocycles. The van der Waals surface area contributed by atoms with Crippen molar-refractivity contribution in [1.29, 1.82) is 0 Å². The quantitative estimate of drug-likeness (QED) is 0.633. The molecule has 2 fully saturated rings. The lowest BCUT2D eigenvalue weighted by Gasteiger charge is -2.38. The number of hydrogen-bond acceptors (Lipinski definition) is 6. The second-order valence-corrected chi connectivity index (χ2v) is 7.33. The van der Waals surface area contributed by atoms with E-state index in [4.69, 9.17) is 0 Å². The molecule has 0 aliphatic carbocycles. The fraction of sp³-hybridized carbons (Fsp3) is 0.368. The molecule has 2 aliphatic rings. The third kappa shape index (κ3) is 3.37. The summed E-state index contributed by atoms with van der Waals surface area (Å²) in [5.74, 6) is 0.0231. The van der Waals surface area contributed by atoms with Crippen LogP contribution in [-0.2, 0) is 11.3 Å². The molecule has 148 valence electrons. The van der Waals surface area contributed by atoms with Gasteiger partial charge in [-0.3, -0.25) is 9.59 Å². The van der Waals surface area contributed by atoms with Crippen molar-refractivity contribution in [2.75, 3.05) is 19.6 Å². The number of likely N-dealkylation sites (tertiary alicyclic amines) is 2. The zero-order valence-corrected chi connectivity index (χ0v) is 15.8. The van der Waals surface area contributed by atoms with Gasteiger partial charge in [0.2, 0.25) is 5.91 Å². The number of carbonyl (C=O) groups excluding carboxylic acids is 2. The van der Waals surface area contributed by atoms with E-state index >= 15 is 0 Å². The highest BCUT2D eigenvalue weighted by Crippen LogP contribution is 2.23. The molecule has 0 radical (unpaired) electrons. The third-order valence-corrected chi connectivity index (χ3v) is 5.30. The molecular formula is C19H20N8O2. The molecule has 2 aliphatic heterocycles. The Labute approximate surface area is 166 Å². The van der Waals surface area contributed by atoms with E-state index in [2.05, 4.69) is 20.5 Å². The van der Waals surface area contributed by atoms with Gasteiger partial charge in [-0.25, -0.2) is 4.68 Å². The molecule has 0 atom stereocenters. The van der Waals surface area contributed by atoms with E-state index in [1.165, 1.54) is 11.0 Å². The molecule has 0 N–H and O–H groups in total. The summed E-state index contributed by atoms with van der Waals surface area (Å²) in [7, 11) is 0. The van der Waals surface area contributed by atoms with Crippen LogP contribution in [0.2, 0.25) is 0 Å². The summed E-state index contributed by atoms with van der Waals surface area (Å²) in [5, 5.41) is 16.8. The number of carbonyl (C=O) groups is 2. The maximum absolute atomic E-state index is 12.6. The Hall–Kier alpha value is -3.56. The van der Waals surface area contributed by atoms with Gasteiger partial charge in [-0.1, -0.05) is 23.4 Å². The Morgan fingerprint density at radius 1 is 1.17 bits per heavy atom. The molecule has 10 heteroatoms. The first-order valence-corrected chi connectivity index (χ1v) is 9.63. The highest BCUT2D eigenvalue weighted by molar-refractivity contribution is 5.92. The molecule has 2 amide bonds. The number of nitrogens with zero attached hydrogens (tertiary/aromatic N) is 8. The van der Waals surface area contributed by atoms with Gasteiger partial charge in [-0.05, 0) is 18.6 Å². The van der Waals surface area contributed by atoms with Crippen molar-refractivity contribution in [2.45, 2.75) is 25.4 Å². The number of rotatable bonds is 5. The topological polar surface area (TPSA) is 102 Å². The first kappa shape index (κ1) is 17.5. The molecular weight excluding hydrogens is 372 g/mol. The lowest BCUT2D eigenvalue weighted by molar-refractivity contribution is -0.128. The minimum absolute atomic E-state index is 0.0821. The molecule has 2 aromatic heterocycles. The molecule has 0 saturated carbocycles. The Kier molecular flexibility index (Phi) is 4.30. The smallest absolute Gasteiger partial charge is 0.276 e. The largest absolute Gasteiger partial charge is 0.337 e. The molecule has 10 nitrogen and oxygen atoms in total. The maximum atomic E-state index is 12.6. The molecule has 0 bridgehead atoms. The van der Waals surface area contributed by atoms with E-state index in [0.717, 1.165) is 24.3 Å². The Bertz CT molecular complexity index is 1040. The van der Waals surface area contributed by atoms with E-state index in [1.54, 1.807) is 14.5 Å². The van der Waals surface area contributed by atoms with Crippen molar-refractivity contribution in [2.24, 2.45) is 0 Å². The molecule has 29 heavy (non-hydrogen) atoms. The van der Waals surface area contributed by atoms with Crippen LogP contribution >= 0.6 is 0 Å². The second kappa shape index (κ2) is 7.12. The number of hydrogen-bond donors (Lipinski definition) is 0. The van der Waals surface area contributed by atoms with E-state index < -0.39 is 0 Å². The number of amides is 2. The van der Waals surface area contributed by atoms with Gasteiger partial charge in [0.05, 0.1) is 30.7 Å². The minimum atomic E-state index is -0.147. The van der Waals surface area contributed by atoms with Crippen molar-refractivity contribution in [3.63, 3.8) is 0 Å². The summed E-state index contributed by atoms with van der Waals surface area (Å²) in [6.07, 6.45) is 4.87. The van der Waals surface area contributed by atoms with Gasteiger partial charge in [0, 0.05) is 26.1 Å². The van der Waals surface area contributed by atoms with E-state index in [1.807, 2.05) is 36.5 Å². The van der Waals surface area contributed by atoms with Gasteiger partial charge in [0.25, 0.3) is 5.91 Å². The van der Waals surface area contributed by atoms with Gasteiger partial charge in [-0.15, -0.1) is 10.2 Å². The maximum Gasteiger partial charge on any atom is 0.276 e. The van der Waals surface area contributed by atoms with Crippen LogP contribution in [0.15, 0.2) is 42.7 Å². The standard InChI is InChI=1S/C19H20N8O2/c28-18-7-4-8-24(18)10-14-11-26(23-21-14)16-12-25(13-16)19(29)17-9-20-27(22-17)15-5-2-1-3-6-15/h1-3,5-6,9,11,16H,4,7-8,10,12-13H2. The van der Waals surface area contributed by atoms with Gasteiger partial charge in [0.15, 0.2) is 5.69 Å². The van der Waals surface area contributed by atoms with Crippen LogP contribution in [0.1, 0.15) is 35.1 Å². The number of para-hydroxylation sites is 1. The van der Waals surface area contributed by atoms with Crippen LogP contribution in [0.25, 0.3) is 5.69 Å². The van der Waals surface area contributed by atoms with Gasteiger partial charge < -0.3 is 9.80 Å². The molecule has 0 spiro atoms. The normalized spacial score (nSPS) is 17.0. The van der Waals surface area contributed by atoms with Crippen molar-refractivity contribution < 1.29 is 9.59 Å². The van der Waals surface area contributed by atoms with Gasteiger partial charge in [-0.2, -0.15) is 9.90 Å². The SMILES string of the molecule is O=C1CCCN1Cc1cn(C2CN(C(=O)c3cnn(-c4ccccc4)n3)C2)nn1. The summed E-state index contributed by atoms with van der Waals surface area (Å²) < 4.78 is 1.78. The van der Waals surface area contributed by atoms with E-state index in [0.29, 0.717) is 31.7 Å². The predicted molar refractivity (Wildman–Crippen MR) is 101 cm³/mol. The van der Waals surface area contributed by atoms with Crippen LogP contribution in [0.5, 0.6) is 0 Å². The molecule has 5 rings (SSSR count). The molecule has 2 saturated heterocycles. The highest BCUT2D eigenvalue weighted by Gasteiger charge is 2.34. The Balaban J connectivity index is 1.19. The third-order valence-electron chi connectivity index (χ3n) is 5.30. The van der Waals surface area contributed by atoms with Gasteiger partial charge in [0.1, 0.15) is 5.69 Å². The van der Waals surface area contributed by atoms with Crippen molar-refractivity contribution in [3.05, 3.63) is 54.1 Å². The van der Waals surface area contributed by atoms with Crippen LogP contribution in [0, 0.1) is 0 Å². The van der Waals surface area contributed by atoms with Crippen molar-refractivity contribution in [1.82, 2.24) is 39.8 Å². The zero-order valence-electron chi connectivity index (χ0n) is 15.8. The lowest BCUT2D eigenvalue weighted by Crippen LogP contribution is -2.51. The summed E-state index contributed by atoms with van der Waals surface area (Å²) in [6.45, 7) is 2.36. The zero-order chi connectivity index (χ0) is 19.8. The lowest BCUT2D eigenvalue weighted by atomic mass is 10.1. The van der Waals surface area contributed by atoms with E-state index in [9.17, 15) is 9.59 Å². The fourth-order valence-electron chi connectivity index (χ4n) is 3.63. The molecule has 0 unspecified atom stereocenters. The summed E-state index contributed by atoms with van der Waals surface area (Å²) in [6, 6.07) is 9.55. The van der Waals surface area contributed by atoms with Crippen molar-refractivity contribution >= 4 is 11.8 Å². The highest BCUT2D eigenvalue weighted by atomic mass is 16.2. The minimum Gasteiger partial charge on any atom is -0.337 e. The van der Waals surface area contributed by atoms with E-state index in [-0.39, 0.29) is 17.9 Å². The second-order valence-electron chi connectivity index (χ2n) is 7.33.